The van der Waals surface area contributed by atoms with E-state index >= 15 is 0 Å². The van der Waals surface area contributed by atoms with E-state index in [9.17, 15) is 14.4 Å². The van der Waals surface area contributed by atoms with Gasteiger partial charge in [-0.1, -0.05) is 11.6 Å². The van der Waals surface area contributed by atoms with E-state index in [1.54, 1.807) is 48.7 Å². The van der Waals surface area contributed by atoms with Crippen LogP contribution < -0.4 is 21.3 Å². The lowest BCUT2D eigenvalue weighted by Crippen LogP contribution is -2.36. The topological polar surface area (TPSA) is 181 Å². The lowest BCUT2D eigenvalue weighted by molar-refractivity contribution is -0.117. The maximum atomic E-state index is 13.1. The highest BCUT2D eigenvalue weighted by atomic mass is 35.5. The maximum Gasteiger partial charge on any atom is 0.411 e. The van der Waals surface area contributed by atoms with Crippen molar-refractivity contribution < 1.29 is 19.1 Å². The van der Waals surface area contributed by atoms with Gasteiger partial charge in [-0.25, -0.2) is 9.78 Å². The Morgan fingerprint density at radius 2 is 2.10 bits per heavy atom. The van der Waals surface area contributed by atoms with Crippen LogP contribution in [-0.2, 0) is 14.3 Å². The third-order valence-electron chi connectivity index (χ3n) is 6.35. The molecule has 2 bridgehead atoms. The molecule has 1 atom stereocenters. The molecular weight excluding hydrogens is 564 g/mol. The van der Waals surface area contributed by atoms with Crippen LogP contribution in [0.15, 0.2) is 55.0 Å². The highest BCUT2D eigenvalue weighted by Gasteiger charge is 2.20. The molecule has 0 saturated carbocycles. The largest absolute Gasteiger partial charge is 0.453 e. The van der Waals surface area contributed by atoms with Gasteiger partial charge in [-0.3, -0.25) is 14.9 Å². The van der Waals surface area contributed by atoms with Gasteiger partial charge in [0, 0.05) is 47.1 Å². The number of hydrogen-bond acceptors (Lipinski definition) is 9. The summed E-state index contributed by atoms with van der Waals surface area (Å²) in [6, 6.07) is 9.72. The monoisotopic (exact) mass is 590 g/mol. The number of benzene rings is 2. The summed E-state index contributed by atoms with van der Waals surface area (Å²) in [6.07, 6.45) is 6.39. The minimum atomic E-state index is -0.631. The summed E-state index contributed by atoms with van der Waals surface area (Å²) in [7, 11) is 1.27. The van der Waals surface area contributed by atoms with E-state index < -0.39 is 12.1 Å². The number of anilines is 2. The minimum Gasteiger partial charge on any atom is -0.453 e. The Kier molecular flexibility index (Phi) is 8.84. The molecule has 0 unspecified atom stereocenters. The number of hydrogen-bond donors (Lipinski definition) is 5. The molecule has 3 heterocycles. The van der Waals surface area contributed by atoms with Crippen molar-refractivity contribution in [2.45, 2.75) is 18.9 Å². The van der Waals surface area contributed by atoms with Gasteiger partial charge in [0.25, 0.3) is 0 Å². The maximum absolute atomic E-state index is 13.1. The molecule has 4 aromatic rings. The second-order valence-electron chi connectivity index (χ2n) is 9.26. The van der Waals surface area contributed by atoms with E-state index in [1.165, 1.54) is 24.2 Å². The fraction of sp³-hybridized carbons (Fsp3) is 0.222. The molecule has 5 N–H and O–H groups in total. The fourth-order valence-electron chi connectivity index (χ4n) is 4.34. The van der Waals surface area contributed by atoms with E-state index in [0.717, 1.165) is 0 Å². The smallest absolute Gasteiger partial charge is 0.411 e. The number of H-pyrrole nitrogens is 1. The Morgan fingerprint density at radius 1 is 1.21 bits per heavy atom. The first-order chi connectivity index (χ1) is 20.4. The van der Waals surface area contributed by atoms with Crippen LogP contribution in [0, 0.1) is 0 Å². The number of carbonyl (C=O) groups excluding carboxylic acids is 3. The number of halogens is 1. The van der Waals surface area contributed by atoms with Gasteiger partial charge in [0.05, 0.1) is 30.2 Å². The van der Waals surface area contributed by atoms with Crippen molar-refractivity contribution in [3.8, 4) is 16.9 Å². The molecule has 2 aromatic carbocycles. The van der Waals surface area contributed by atoms with Crippen molar-refractivity contribution >= 4 is 47.0 Å². The second-order valence-corrected chi connectivity index (χ2v) is 9.69. The first kappa shape index (κ1) is 28.4. The Balaban J connectivity index is 1.39. The third kappa shape index (κ3) is 6.97. The van der Waals surface area contributed by atoms with Crippen LogP contribution in [0.2, 0.25) is 5.02 Å². The Morgan fingerprint density at radius 3 is 2.90 bits per heavy atom. The molecule has 0 aliphatic carbocycles. The number of nitrogens with zero attached hydrogens (tertiary/aromatic N) is 5. The Hall–Kier alpha value is -5.08. The molecule has 0 saturated heterocycles. The van der Waals surface area contributed by atoms with Gasteiger partial charge >= 0.3 is 6.09 Å². The predicted octanol–water partition coefficient (Wildman–Crippen LogP) is 3.08. The number of tetrazole rings is 1. The van der Waals surface area contributed by atoms with Crippen molar-refractivity contribution in [1.29, 1.82) is 0 Å². The van der Waals surface area contributed by atoms with Crippen LogP contribution in [0.5, 0.6) is 0 Å². The molecule has 0 spiro atoms. The average Bonchev–Trinajstić information content (AvgIpc) is 3.68. The zero-order valence-electron chi connectivity index (χ0n) is 22.4. The standard InChI is InChI=1S/C27H27ClN10O4/c1-42-27(41)32-18-6-7-19-20(12-18)33-24(39)3-2-10-29-13-22(26-30-14-21(19)35-26)34-25(40)9-4-16-11-17(28)5-8-23(16)38-15-31-36-37-38/h4-9,11-12,14-15,22,29H,2-3,10,13H2,1H3,(H,30,35)(H,32,41)(H,33,39)(H,34,40)/t22-/m0/s1. The van der Waals surface area contributed by atoms with Gasteiger partial charge in [0.15, 0.2) is 0 Å². The van der Waals surface area contributed by atoms with E-state index in [2.05, 4.69) is 46.5 Å². The summed E-state index contributed by atoms with van der Waals surface area (Å²) in [6.45, 7) is 0.911. The number of imidazole rings is 1. The van der Waals surface area contributed by atoms with Crippen molar-refractivity contribution in [1.82, 2.24) is 40.8 Å². The molecular formula is C27H27ClN10O4. The van der Waals surface area contributed by atoms with E-state index in [-0.39, 0.29) is 18.2 Å². The number of carbonyl (C=O) groups is 3. The molecule has 14 nitrogen and oxygen atoms in total. The fourth-order valence-corrected chi connectivity index (χ4v) is 4.52. The lowest BCUT2D eigenvalue weighted by atomic mass is 10.1. The summed E-state index contributed by atoms with van der Waals surface area (Å²) in [5.41, 5.74) is 3.40. The minimum absolute atomic E-state index is 0.180. The Bertz CT molecular complexity index is 1620. The summed E-state index contributed by atoms with van der Waals surface area (Å²) in [4.78, 5) is 45.3. The van der Waals surface area contributed by atoms with Crippen molar-refractivity contribution in [2.24, 2.45) is 0 Å². The molecule has 1 aliphatic heterocycles. The van der Waals surface area contributed by atoms with Crippen LogP contribution in [0.3, 0.4) is 0 Å². The molecule has 0 fully saturated rings. The molecule has 5 rings (SSSR count). The first-order valence-corrected chi connectivity index (χ1v) is 13.3. The zero-order chi connectivity index (χ0) is 29.5. The molecule has 42 heavy (non-hydrogen) atoms. The van der Waals surface area contributed by atoms with E-state index in [1.807, 2.05) is 0 Å². The zero-order valence-corrected chi connectivity index (χ0v) is 23.2. The number of aromatic nitrogens is 6. The Labute approximate surface area is 244 Å². The van der Waals surface area contributed by atoms with Crippen LogP contribution in [0.4, 0.5) is 16.2 Å². The van der Waals surface area contributed by atoms with Gasteiger partial charge < -0.3 is 25.7 Å². The van der Waals surface area contributed by atoms with Crippen LogP contribution in [0.25, 0.3) is 23.0 Å². The number of rotatable bonds is 5. The molecule has 3 amide bonds. The lowest BCUT2D eigenvalue weighted by Gasteiger charge is -2.16. The molecule has 216 valence electrons. The normalized spacial score (nSPS) is 15.5. The number of nitrogens with one attached hydrogen (secondary N) is 5. The van der Waals surface area contributed by atoms with Gasteiger partial charge in [-0.05, 0) is 65.9 Å². The summed E-state index contributed by atoms with van der Waals surface area (Å²) < 4.78 is 6.14. The van der Waals surface area contributed by atoms with Crippen LogP contribution >= 0.6 is 11.6 Å². The third-order valence-corrected chi connectivity index (χ3v) is 6.59. The quantitative estimate of drug-likeness (QED) is 0.218. The summed E-state index contributed by atoms with van der Waals surface area (Å²) in [5, 5.41) is 23.5. The predicted molar refractivity (Wildman–Crippen MR) is 155 cm³/mol. The van der Waals surface area contributed by atoms with Gasteiger partial charge in [0.1, 0.15) is 12.2 Å². The first-order valence-electron chi connectivity index (χ1n) is 13.0. The summed E-state index contributed by atoms with van der Waals surface area (Å²) >= 11 is 6.19. The second kappa shape index (κ2) is 13.1. The van der Waals surface area contributed by atoms with Crippen molar-refractivity contribution in [3.05, 3.63) is 71.4 Å². The average molecular weight is 591 g/mol. The summed E-state index contributed by atoms with van der Waals surface area (Å²) in [5.74, 6) is -0.0209. The van der Waals surface area contributed by atoms with Crippen molar-refractivity contribution in [2.75, 3.05) is 30.8 Å². The highest BCUT2D eigenvalue weighted by molar-refractivity contribution is 6.30. The molecule has 2 aromatic heterocycles. The van der Waals surface area contributed by atoms with Crippen LogP contribution in [0.1, 0.15) is 30.3 Å². The van der Waals surface area contributed by atoms with Gasteiger partial charge in [-0.2, -0.15) is 4.68 Å². The SMILES string of the molecule is COC(=O)Nc1ccc2c(c1)NC(=O)CCCNC[C@H](NC(=O)C=Cc1cc(Cl)ccc1-n1cnnn1)c1nc-2c[nH]1. The van der Waals surface area contributed by atoms with Gasteiger partial charge in [0.2, 0.25) is 11.8 Å². The number of aromatic amines is 1. The number of fused-ring (bicyclic) bond motifs is 4. The number of ether oxygens (including phenoxy) is 1. The van der Waals surface area contributed by atoms with Crippen LogP contribution in [-0.4, -0.2) is 68.3 Å². The van der Waals surface area contributed by atoms with Gasteiger partial charge in [-0.15, -0.1) is 5.10 Å². The van der Waals surface area contributed by atoms with E-state index in [0.29, 0.717) is 64.2 Å². The highest BCUT2D eigenvalue weighted by Crippen LogP contribution is 2.31. The molecule has 1 aliphatic rings. The number of amides is 3. The number of methoxy groups -OCH3 is 1. The molecule has 15 heteroatoms. The van der Waals surface area contributed by atoms with E-state index in [4.69, 9.17) is 16.6 Å². The van der Waals surface area contributed by atoms with Crippen molar-refractivity contribution in [3.63, 3.8) is 0 Å². The molecule has 0 radical (unpaired) electrons.